The largest absolute Gasteiger partial charge is 0.396 e. The molecule has 0 unspecified atom stereocenters. The number of rotatable bonds is 2. The molecule has 60 valence electrons. The van der Waals surface area contributed by atoms with E-state index in [1.54, 1.807) is 0 Å². The van der Waals surface area contributed by atoms with Crippen LogP contribution in [0, 0.1) is 5.92 Å². The Balaban J connectivity index is 2.13. The van der Waals surface area contributed by atoms with Crippen molar-refractivity contribution in [3.63, 3.8) is 0 Å². The lowest BCUT2D eigenvalue weighted by molar-refractivity contribution is 0.232. The number of aliphatic hydroxyl groups is 1. The van der Waals surface area contributed by atoms with Crippen LogP contribution in [0.2, 0.25) is 0 Å². The van der Waals surface area contributed by atoms with E-state index >= 15 is 0 Å². The molecule has 0 spiro atoms. The first-order valence-electron chi connectivity index (χ1n) is 4.08. The Morgan fingerprint density at radius 2 is 1.80 bits per heavy atom. The average Bonchev–Trinajstić information content (AvgIpc) is 1.95. The van der Waals surface area contributed by atoms with Gasteiger partial charge in [-0.3, -0.25) is 0 Å². The zero-order valence-corrected chi connectivity index (χ0v) is 7.81. The van der Waals surface area contributed by atoms with Crippen LogP contribution in [0.1, 0.15) is 32.1 Å². The van der Waals surface area contributed by atoms with Gasteiger partial charge < -0.3 is 5.11 Å². The van der Waals surface area contributed by atoms with Crippen LogP contribution in [0.15, 0.2) is 0 Å². The molecular formula is C8H15BrO. The Kier molecular flexibility index (Phi) is 3.71. The zero-order valence-electron chi connectivity index (χ0n) is 6.22. The van der Waals surface area contributed by atoms with Gasteiger partial charge in [0.15, 0.2) is 0 Å². The van der Waals surface area contributed by atoms with E-state index in [1.165, 1.54) is 25.7 Å². The fourth-order valence-corrected chi connectivity index (χ4v) is 2.12. The van der Waals surface area contributed by atoms with E-state index in [1.807, 2.05) is 0 Å². The minimum Gasteiger partial charge on any atom is -0.396 e. The lowest BCUT2D eigenvalue weighted by Gasteiger charge is -2.24. The third kappa shape index (κ3) is 2.59. The smallest absolute Gasteiger partial charge is 0.0433 e. The van der Waals surface area contributed by atoms with Crippen LogP contribution in [-0.2, 0) is 0 Å². The van der Waals surface area contributed by atoms with Crippen LogP contribution in [0.5, 0.6) is 0 Å². The predicted octanol–water partition coefficient (Wildman–Crippen LogP) is 2.32. The molecule has 1 aliphatic rings. The van der Waals surface area contributed by atoms with E-state index in [4.69, 9.17) is 5.11 Å². The summed E-state index contributed by atoms with van der Waals surface area (Å²) in [6, 6.07) is 0. The number of aliphatic hydroxyl groups excluding tert-OH is 1. The van der Waals surface area contributed by atoms with Crippen molar-refractivity contribution in [3.8, 4) is 0 Å². The normalized spacial score (nSPS) is 34.2. The summed E-state index contributed by atoms with van der Waals surface area (Å²) in [4.78, 5) is 0.752. The van der Waals surface area contributed by atoms with Crippen LogP contribution >= 0.6 is 15.9 Å². The van der Waals surface area contributed by atoms with Gasteiger partial charge in [-0.15, -0.1) is 0 Å². The fraction of sp³-hybridized carbons (Fsp3) is 1.00. The second-order valence-corrected chi connectivity index (χ2v) is 4.43. The van der Waals surface area contributed by atoms with Gasteiger partial charge in [0.1, 0.15) is 0 Å². The molecule has 0 amide bonds. The molecule has 1 fully saturated rings. The maximum Gasteiger partial charge on any atom is 0.0433 e. The van der Waals surface area contributed by atoms with Crippen LogP contribution in [0.25, 0.3) is 0 Å². The molecule has 0 aromatic heterocycles. The van der Waals surface area contributed by atoms with Crippen molar-refractivity contribution in [3.05, 3.63) is 0 Å². The Morgan fingerprint density at radius 1 is 1.20 bits per heavy atom. The van der Waals surface area contributed by atoms with E-state index in [2.05, 4.69) is 15.9 Å². The van der Waals surface area contributed by atoms with Crippen molar-refractivity contribution in [2.45, 2.75) is 36.9 Å². The third-order valence-corrected chi connectivity index (χ3v) is 3.23. The SMILES string of the molecule is OCCC1CCC(Br)CC1. The Morgan fingerprint density at radius 3 is 2.30 bits per heavy atom. The molecule has 0 aliphatic heterocycles. The first kappa shape index (κ1) is 8.54. The molecule has 1 nitrogen and oxygen atoms in total. The van der Waals surface area contributed by atoms with Crippen molar-refractivity contribution < 1.29 is 5.11 Å². The van der Waals surface area contributed by atoms with Crippen LogP contribution in [-0.4, -0.2) is 16.5 Å². The van der Waals surface area contributed by atoms with Gasteiger partial charge in [0.05, 0.1) is 0 Å². The number of hydrogen-bond acceptors (Lipinski definition) is 1. The van der Waals surface area contributed by atoms with Crippen molar-refractivity contribution >= 4 is 15.9 Å². The highest BCUT2D eigenvalue weighted by Gasteiger charge is 2.17. The molecule has 0 heterocycles. The average molecular weight is 207 g/mol. The Labute approximate surface area is 70.9 Å². The highest BCUT2D eigenvalue weighted by atomic mass is 79.9. The quantitative estimate of drug-likeness (QED) is 0.689. The molecule has 0 aromatic carbocycles. The molecule has 0 aromatic rings. The van der Waals surface area contributed by atoms with E-state index < -0.39 is 0 Å². The molecule has 10 heavy (non-hydrogen) atoms. The maximum absolute atomic E-state index is 8.67. The lowest BCUT2D eigenvalue weighted by atomic mass is 9.87. The van der Waals surface area contributed by atoms with Gasteiger partial charge in [-0.05, 0) is 38.0 Å². The van der Waals surface area contributed by atoms with Gasteiger partial charge in [-0.2, -0.15) is 0 Å². The van der Waals surface area contributed by atoms with Crippen molar-refractivity contribution in [1.82, 2.24) is 0 Å². The number of halogens is 1. The molecule has 0 saturated heterocycles. The van der Waals surface area contributed by atoms with Gasteiger partial charge in [-0.1, -0.05) is 15.9 Å². The summed E-state index contributed by atoms with van der Waals surface area (Å²) in [5.41, 5.74) is 0. The summed E-state index contributed by atoms with van der Waals surface area (Å²) in [5, 5.41) is 8.67. The highest BCUT2D eigenvalue weighted by molar-refractivity contribution is 9.09. The Hall–Kier alpha value is 0.440. The van der Waals surface area contributed by atoms with E-state index in [-0.39, 0.29) is 0 Å². The first-order valence-corrected chi connectivity index (χ1v) is 4.99. The summed E-state index contributed by atoms with van der Waals surface area (Å²) in [7, 11) is 0. The molecule has 1 aliphatic carbocycles. The second kappa shape index (κ2) is 4.35. The predicted molar refractivity (Wildman–Crippen MR) is 46.4 cm³/mol. The summed E-state index contributed by atoms with van der Waals surface area (Å²) < 4.78 is 0. The van der Waals surface area contributed by atoms with Crippen LogP contribution in [0.4, 0.5) is 0 Å². The second-order valence-electron chi connectivity index (χ2n) is 3.13. The van der Waals surface area contributed by atoms with Gasteiger partial charge in [0.2, 0.25) is 0 Å². The van der Waals surface area contributed by atoms with E-state index in [0.717, 1.165) is 17.2 Å². The first-order chi connectivity index (χ1) is 4.83. The molecule has 1 N–H and O–H groups in total. The van der Waals surface area contributed by atoms with Crippen molar-refractivity contribution in [2.75, 3.05) is 6.61 Å². The third-order valence-electron chi connectivity index (χ3n) is 2.31. The molecule has 0 bridgehead atoms. The molecule has 0 atom stereocenters. The van der Waals surface area contributed by atoms with Crippen molar-refractivity contribution in [2.24, 2.45) is 5.92 Å². The number of hydrogen-bond donors (Lipinski definition) is 1. The highest BCUT2D eigenvalue weighted by Crippen LogP contribution is 2.30. The minimum absolute atomic E-state index is 0.373. The zero-order chi connectivity index (χ0) is 7.40. The minimum atomic E-state index is 0.373. The summed E-state index contributed by atoms with van der Waals surface area (Å²) in [6.45, 7) is 0.373. The van der Waals surface area contributed by atoms with Gasteiger partial charge in [0.25, 0.3) is 0 Å². The topological polar surface area (TPSA) is 20.2 Å². The fourth-order valence-electron chi connectivity index (χ4n) is 1.59. The molecule has 1 saturated carbocycles. The van der Waals surface area contributed by atoms with Gasteiger partial charge in [-0.25, -0.2) is 0 Å². The van der Waals surface area contributed by atoms with E-state index in [9.17, 15) is 0 Å². The van der Waals surface area contributed by atoms with Gasteiger partial charge in [0, 0.05) is 11.4 Å². The standard InChI is InChI=1S/C8H15BrO/c9-8-3-1-7(2-4-8)5-6-10/h7-8,10H,1-6H2. The molecule has 1 rings (SSSR count). The maximum atomic E-state index is 8.67. The molecule has 0 radical (unpaired) electrons. The number of alkyl halides is 1. The summed E-state index contributed by atoms with van der Waals surface area (Å²) >= 11 is 3.60. The van der Waals surface area contributed by atoms with Crippen molar-refractivity contribution in [1.29, 1.82) is 0 Å². The van der Waals surface area contributed by atoms with E-state index in [0.29, 0.717) is 6.61 Å². The molecular weight excluding hydrogens is 192 g/mol. The summed E-state index contributed by atoms with van der Waals surface area (Å²) in [6.07, 6.45) is 6.21. The molecule has 2 heteroatoms. The van der Waals surface area contributed by atoms with Gasteiger partial charge >= 0.3 is 0 Å². The lowest BCUT2D eigenvalue weighted by Crippen LogP contribution is -2.14. The Bertz CT molecular complexity index is 87.3. The summed E-state index contributed by atoms with van der Waals surface area (Å²) in [5.74, 6) is 0.804. The van der Waals surface area contributed by atoms with Crippen LogP contribution in [0.3, 0.4) is 0 Å². The van der Waals surface area contributed by atoms with Crippen LogP contribution < -0.4 is 0 Å². The monoisotopic (exact) mass is 206 g/mol.